The fourth-order valence-electron chi connectivity index (χ4n) is 0.957. The maximum Gasteiger partial charge on any atom is 0.262 e. The van der Waals surface area contributed by atoms with Crippen LogP contribution in [0.15, 0.2) is 11.4 Å². The average Bonchev–Trinajstić information content (AvgIpc) is 2.59. The van der Waals surface area contributed by atoms with Gasteiger partial charge in [-0.15, -0.1) is 22.9 Å². The number of halogens is 2. The number of carbonyl (C=O) groups excluding carboxylic acids is 1. The van der Waals surface area contributed by atoms with E-state index >= 15 is 0 Å². The molecule has 1 heterocycles. The zero-order valence-electron chi connectivity index (χ0n) is 7.56. The molecule has 0 aliphatic carbocycles. The molecule has 0 aliphatic rings. The lowest BCUT2D eigenvalue weighted by atomic mass is 10.3. The quantitative estimate of drug-likeness (QED) is 0.633. The van der Waals surface area contributed by atoms with E-state index in [1.165, 1.54) is 11.3 Å². The first-order chi connectivity index (χ1) is 6.75. The van der Waals surface area contributed by atoms with E-state index in [1.807, 2.05) is 0 Å². The van der Waals surface area contributed by atoms with Crippen molar-refractivity contribution in [2.45, 2.75) is 12.8 Å². The van der Waals surface area contributed by atoms with Crippen LogP contribution in [0.5, 0.6) is 0 Å². The summed E-state index contributed by atoms with van der Waals surface area (Å²) < 4.78 is 0. The highest BCUT2D eigenvalue weighted by Gasteiger charge is 2.10. The summed E-state index contributed by atoms with van der Waals surface area (Å²) in [7, 11) is 0. The fourth-order valence-corrected chi connectivity index (χ4v) is 2.20. The van der Waals surface area contributed by atoms with Crippen molar-refractivity contribution in [2.24, 2.45) is 0 Å². The van der Waals surface area contributed by atoms with Gasteiger partial charge < -0.3 is 5.32 Å². The van der Waals surface area contributed by atoms with Crippen molar-refractivity contribution in [3.8, 4) is 0 Å². The first-order valence-electron chi connectivity index (χ1n) is 4.33. The van der Waals surface area contributed by atoms with E-state index < -0.39 is 0 Å². The van der Waals surface area contributed by atoms with Gasteiger partial charge in [-0.05, 0) is 24.3 Å². The van der Waals surface area contributed by atoms with Gasteiger partial charge in [-0.25, -0.2) is 0 Å². The van der Waals surface area contributed by atoms with Crippen molar-refractivity contribution in [1.82, 2.24) is 5.32 Å². The van der Waals surface area contributed by atoms with Gasteiger partial charge in [0.2, 0.25) is 0 Å². The minimum atomic E-state index is -0.0976. The molecule has 0 aromatic carbocycles. The number of amides is 1. The lowest BCUT2D eigenvalue weighted by Crippen LogP contribution is -2.23. The fraction of sp³-hybridized carbons (Fsp3) is 0.444. The molecule has 0 spiro atoms. The van der Waals surface area contributed by atoms with Crippen LogP contribution in [-0.2, 0) is 0 Å². The predicted molar refractivity (Wildman–Crippen MR) is 61.6 cm³/mol. The molecule has 1 N–H and O–H groups in total. The molecule has 0 fully saturated rings. The van der Waals surface area contributed by atoms with Crippen molar-refractivity contribution >= 4 is 40.4 Å². The van der Waals surface area contributed by atoms with Gasteiger partial charge in [0.1, 0.15) is 4.88 Å². The van der Waals surface area contributed by atoms with Gasteiger partial charge in [0.05, 0.1) is 5.02 Å². The smallest absolute Gasteiger partial charge is 0.262 e. The Labute approximate surface area is 97.2 Å². The van der Waals surface area contributed by atoms with E-state index in [0.29, 0.717) is 22.3 Å². The molecule has 1 aromatic heterocycles. The van der Waals surface area contributed by atoms with Gasteiger partial charge in [0.25, 0.3) is 5.91 Å². The number of rotatable bonds is 5. The summed E-state index contributed by atoms with van der Waals surface area (Å²) in [5.41, 5.74) is 0. The van der Waals surface area contributed by atoms with E-state index in [0.717, 1.165) is 12.8 Å². The molecule has 0 radical (unpaired) electrons. The minimum Gasteiger partial charge on any atom is -0.351 e. The summed E-state index contributed by atoms with van der Waals surface area (Å²) >= 11 is 12.7. The first kappa shape index (κ1) is 11.8. The second kappa shape index (κ2) is 6.27. The van der Waals surface area contributed by atoms with Crippen LogP contribution in [-0.4, -0.2) is 18.3 Å². The Morgan fingerprint density at radius 1 is 1.50 bits per heavy atom. The van der Waals surface area contributed by atoms with Crippen molar-refractivity contribution in [1.29, 1.82) is 0 Å². The zero-order chi connectivity index (χ0) is 10.4. The number of carbonyl (C=O) groups is 1. The van der Waals surface area contributed by atoms with Crippen molar-refractivity contribution < 1.29 is 4.79 Å². The van der Waals surface area contributed by atoms with Gasteiger partial charge >= 0.3 is 0 Å². The van der Waals surface area contributed by atoms with E-state index in [-0.39, 0.29) is 5.91 Å². The number of alkyl halides is 1. The van der Waals surface area contributed by atoms with Crippen LogP contribution in [0.4, 0.5) is 0 Å². The van der Waals surface area contributed by atoms with E-state index in [9.17, 15) is 4.79 Å². The van der Waals surface area contributed by atoms with Crippen LogP contribution in [0.3, 0.4) is 0 Å². The molecule has 1 aromatic rings. The summed E-state index contributed by atoms with van der Waals surface area (Å²) in [6.45, 7) is 0.653. The Morgan fingerprint density at radius 3 is 2.86 bits per heavy atom. The number of unbranched alkanes of at least 4 members (excludes halogenated alkanes) is 1. The third-order valence-corrected chi connectivity index (χ3v) is 3.28. The second-order valence-corrected chi connectivity index (χ2v) is 4.45. The maximum atomic E-state index is 11.5. The number of thiophene rings is 1. The molecule has 0 unspecified atom stereocenters. The predicted octanol–water partition coefficient (Wildman–Crippen LogP) is 3.15. The highest BCUT2D eigenvalue weighted by molar-refractivity contribution is 7.12. The molecule has 0 saturated carbocycles. The third-order valence-electron chi connectivity index (χ3n) is 1.67. The molecule has 0 saturated heterocycles. The number of hydrogen-bond donors (Lipinski definition) is 1. The van der Waals surface area contributed by atoms with Gasteiger partial charge in [-0.1, -0.05) is 11.6 Å². The topological polar surface area (TPSA) is 29.1 Å². The number of hydrogen-bond acceptors (Lipinski definition) is 2. The molecule has 14 heavy (non-hydrogen) atoms. The summed E-state index contributed by atoms with van der Waals surface area (Å²) in [6, 6.07) is 1.72. The number of nitrogens with one attached hydrogen (secondary N) is 1. The monoisotopic (exact) mass is 251 g/mol. The molecular formula is C9H11Cl2NOS. The van der Waals surface area contributed by atoms with Crippen LogP contribution >= 0.6 is 34.5 Å². The molecule has 0 atom stereocenters. The van der Waals surface area contributed by atoms with Crippen LogP contribution in [0.1, 0.15) is 22.5 Å². The Balaban J connectivity index is 2.32. The van der Waals surface area contributed by atoms with E-state index in [2.05, 4.69) is 5.32 Å². The molecule has 1 amide bonds. The van der Waals surface area contributed by atoms with Crippen molar-refractivity contribution in [2.75, 3.05) is 12.4 Å². The Hall–Kier alpha value is -0.250. The Bertz CT molecular complexity index is 301. The normalized spacial score (nSPS) is 10.1. The van der Waals surface area contributed by atoms with Gasteiger partial charge in [0, 0.05) is 12.4 Å². The summed E-state index contributed by atoms with van der Waals surface area (Å²) in [5.74, 6) is 0.537. The lowest BCUT2D eigenvalue weighted by Gasteiger charge is -2.02. The van der Waals surface area contributed by atoms with Crippen LogP contribution in [0, 0.1) is 0 Å². The standard InChI is InChI=1S/C9H11Cl2NOS/c10-4-1-2-5-12-9(13)8-7(11)3-6-14-8/h3,6H,1-2,4-5H2,(H,12,13). The third kappa shape index (κ3) is 3.48. The zero-order valence-corrected chi connectivity index (χ0v) is 9.88. The molecule has 0 aliphatic heterocycles. The molecule has 2 nitrogen and oxygen atoms in total. The summed E-state index contributed by atoms with van der Waals surface area (Å²) in [6.07, 6.45) is 1.82. The second-order valence-electron chi connectivity index (χ2n) is 2.75. The minimum absolute atomic E-state index is 0.0976. The summed E-state index contributed by atoms with van der Waals surface area (Å²) in [4.78, 5) is 12.1. The molecule has 5 heteroatoms. The molecule has 78 valence electrons. The molecule has 1 rings (SSSR count). The van der Waals surface area contributed by atoms with Crippen LogP contribution in [0.2, 0.25) is 5.02 Å². The summed E-state index contributed by atoms with van der Waals surface area (Å²) in [5, 5.41) is 5.11. The molecular weight excluding hydrogens is 241 g/mol. The van der Waals surface area contributed by atoms with E-state index in [4.69, 9.17) is 23.2 Å². The van der Waals surface area contributed by atoms with Crippen molar-refractivity contribution in [3.63, 3.8) is 0 Å². The lowest BCUT2D eigenvalue weighted by molar-refractivity contribution is 0.0957. The largest absolute Gasteiger partial charge is 0.351 e. The molecule has 0 bridgehead atoms. The average molecular weight is 252 g/mol. The van der Waals surface area contributed by atoms with Crippen molar-refractivity contribution in [3.05, 3.63) is 21.3 Å². The van der Waals surface area contributed by atoms with Gasteiger partial charge in [-0.3, -0.25) is 4.79 Å². The van der Waals surface area contributed by atoms with Gasteiger partial charge in [-0.2, -0.15) is 0 Å². The highest BCUT2D eigenvalue weighted by atomic mass is 35.5. The SMILES string of the molecule is O=C(NCCCCCl)c1sccc1Cl. The highest BCUT2D eigenvalue weighted by Crippen LogP contribution is 2.21. The first-order valence-corrected chi connectivity index (χ1v) is 6.12. The van der Waals surface area contributed by atoms with Crippen LogP contribution < -0.4 is 5.32 Å². The maximum absolute atomic E-state index is 11.5. The Morgan fingerprint density at radius 2 is 2.29 bits per heavy atom. The van der Waals surface area contributed by atoms with Gasteiger partial charge in [0.15, 0.2) is 0 Å². The Kier molecular flexibility index (Phi) is 5.30. The van der Waals surface area contributed by atoms with Crippen LogP contribution in [0.25, 0.3) is 0 Å². The van der Waals surface area contributed by atoms with E-state index in [1.54, 1.807) is 11.4 Å².